The minimum absolute atomic E-state index is 0.206. The van der Waals surface area contributed by atoms with Crippen molar-refractivity contribution in [3.8, 4) is 0 Å². The fourth-order valence-electron chi connectivity index (χ4n) is 1.80. The van der Waals surface area contributed by atoms with E-state index in [1.807, 2.05) is 0 Å². The molecule has 1 aromatic rings. The van der Waals surface area contributed by atoms with Gasteiger partial charge in [0.05, 0.1) is 21.5 Å². The minimum Gasteiger partial charge on any atom is -0.307 e. The van der Waals surface area contributed by atoms with Crippen LogP contribution in [0.1, 0.15) is 31.9 Å². The van der Waals surface area contributed by atoms with Crippen LogP contribution in [0.15, 0.2) is 12.1 Å². The van der Waals surface area contributed by atoms with Gasteiger partial charge < -0.3 is 5.32 Å². The molecule has 0 aliphatic carbocycles. The molecule has 19 heavy (non-hydrogen) atoms. The van der Waals surface area contributed by atoms with Crippen LogP contribution in [0.25, 0.3) is 0 Å². The highest BCUT2D eigenvalue weighted by Crippen LogP contribution is 2.35. The third-order valence-electron chi connectivity index (χ3n) is 2.60. The minimum atomic E-state index is -4.20. The van der Waals surface area contributed by atoms with Crippen molar-refractivity contribution in [2.75, 3.05) is 0 Å². The average Bonchev–Trinajstić information content (AvgIpc) is 2.23. The lowest BCUT2D eigenvalue weighted by Gasteiger charge is -2.22. The van der Waals surface area contributed by atoms with Crippen molar-refractivity contribution in [2.24, 2.45) is 0 Å². The van der Waals surface area contributed by atoms with Crippen LogP contribution in [0.3, 0.4) is 0 Å². The van der Waals surface area contributed by atoms with Gasteiger partial charge in [0, 0.05) is 12.1 Å². The van der Waals surface area contributed by atoms with Crippen LogP contribution < -0.4 is 5.32 Å². The molecule has 1 nitrogen and oxygen atoms in total. The molecule has 0 radical (unpaired) electrons. The monoisotopic (exact) mass is 333 g/mol. The van der Waals surface area contributed by atoms with Crippen LogP contribution in [0.2, 0.25) is 15.1 Å². The Morgan fingerprint density at radius 1 is 1.11 bits per heavy atom. The van der Waals surface area contributed by atoms with Crippen LogP contribution in [-0.4, -0.2) is 12.2 Å². The van der Waals surface area contributed by atoms with Crippen molar-refractivity contribution in [3.05, 3.63) is 32.8 Å². The van der Waals surface area contributed by atoms with Gasteiger partial charge in [-0.3, -0.25) is 0 Å². The molecule has 0 aliphatic heterocycles. The van der Waals surface area contributed by atoms with Gasteiger partial charge in [0.2, 0.25) is 0 Å². The number of nitrogens with one attached hydrogen (secondary N) is 1. The quantitative estimate of drug-likeness (QED) is 0.703. The number of benzene rings is 1. The molecule has 0 amide bonds. The molecule has 0 fully saturated rings. The van der Waals surface area contributed by atoms with E-state index in [-0.39, 0.29) is 16.1 Å². The molecule has 0 bridgehead atoms. The third-order valence-corrected chi connectivity index (χ3v) is 3.91. The summed E-state index contributed by atoms with van der Waals surface area (Å²) < 4.78 is 36.8. The van der Waals surface area contributed by atoms with Gasteiger partial charge in [0.15, 0.2) is 0 Å². The molecule has 1 aromatic carbocycles. The Balaban J connectivity index is 2.79. The number of rotatable bonds is 4. The SMILES string of the molecule is CC(CC(F)(F)F)NC(C)c1ccc(Cl)c(Cl)c1Cl. The Bertz CT molecular complexity index is 449. The second-order valence-corrected chi connectivity index (χ2v) is 5.54. The van der Waals surface area contributed by atoms with Crippen LogP contribution in [-0.2, 0) is 0 Å². The molecule has 0 saturated carbocycles. The lowest BCUT2D eigenvalue weighted by Crippen LogP contribution is -2.33. The fourth-order valence-corrected chi connectivity index (χ4v) is 2.50. The Kier molecular flexibility index (Phi) is 5.80. The standard InChI is InChI=1S/C12H13Cl3F3N/c1-6(5-12(16,17)18)19-7(2)8-3-4-9(13)11(15)10(8)14/h3-4,6-7,19H,5H2,1-2H3. The van der Waals surface area contributed by atoms with Gasteiger partial charge in [-0.25, -0.2) is 0 Å². The summed E-state index contributed by atoms with van der Waals surface area (Å²) in [6.45, 7) is 3.19. The van der Waals surface area contributed by atoms with Crippen molar-refractivity contribution >= 4 is 34.8 Å². The summed E-state index contributed by atoms with van der Waals surface area (Å²) in [4.78, 5) is 0. The van der Waals surface area contributed by atoms with Crippen LogP contribution in [0, 0.1) is 0 Å². The highest BCUT2D eigenvalue weighted by molar-refractivity contribution is 6.48. The Hall–Kier alpha value is -0.160. The highest BCUT2D eigenvalue weighted by atomic mass is 35.5. The molecule has 1 N–H and O–H groups in total. The van der Waals surface area contributed by atoms with E-state index in [4.69, 9.17) is 34.8 Å². The van der Waals surface area contributed by atoms with Crippen LogP contribution >= 0.6 is 34.8 Å². The van der Waals surface area contributed by atoms with Crippen molar-refractivity contribution < 1.29 is 13.2 Å². The first-order valence-corrected chi connectivity index (χ1v) is 6.71. The molecule has 0 saturated heterocycles. The number of halogens is 6. The van der Waals surface area contributed by atoms with E-state index in [0.717, 1.165) is 0 Å². The fraction of sp³-hybridized carbons (Fsp3) is 0.500. The number of hydrogen-bond acceptors (Lipinski definition) is 1. The molecular formula is C12H13Cl3F3N. The largest absolute Gasteiger partial charge is 0.390 e. The normalized spacial score (nSPS) is 15.4. The van der Waals surface area contributed by atoms with E-state index in [9.17, 15) is 13.2 Å². The zero-order valence-corrected chi connectivity index (χ0v) is 12.6. The molecule has 0 aliphatic rings. The molecule has 2 unspecified atom stereocenters. The van der Waals surface area contributed by atoms with Gasteiger partial charge in [0.1, 0.15) is 0 Å². The molecule has 1 rings (SSSR count). The lowest BCUT2D eigenvalue weighted by molar-refractivity contribution is -0.139. The molecule has 0 spiro atoms. The van der Waals surface area contributed by atoms with Crippen LogP contribution in [0.5, 0.6) is 0 Å². The highest BCUT2D eigenvalue weighted by Gasteiger charge is 2.30. The maximum Gasteiger partial charge on any atom is 0.390 e. The van der Waals surface area contributed by atoms with Gasteiger partial charge in [-0.15, -0.1) is 0 Å². The summed E-state index contributed by atoms with van der Waals surface area (Å²) in [5.41, 5.74) is 0.616. The van der Waals surface area contributed by atoms with Gasteiger partial charge in [0.25, 0.3) is 0 Å². The smallest absolute Gasteiger partial charge is 0.307 e. The van der Waals surface area contributed by atoms with Gasteiger partial charge in [-0.1, -0.05) is 40.9 Å². The summed E-state index contributed by atoms with van der Waals surface area (Å²) in [5, 5.41) is 3.61. The van der Waals surface area contributed by atoms with Gasteiger partial charge >= 0.3 is 6.18 Å². The van der Waals surface area contributed by atoms with Gasteiger partial charge in [-0.05, 0) is 25.5 Å². The molecule has 108 valence electrons. The lowest BCUT2D eigenvalue weighted by atomic mass is 10.1. The Morgan fingerprint density at radius 2 is 1.68 bits per heavy atom. The first-order valence-electron chi connectivity index (χ1n) is 5.58. The predicted octanol–water partition coefficient (Wildman–Crippen LogP) is 5.64. The molecule has 7 heteroatoms. The summed E-state index contributed by atoms with van der Waals surface area (Å²) in [5.74, 6) is 0. The van der Waals surface area contributed by atoms with E-state index in [0.29, 0.717) is 10.6 Å². The van der Waals surface area contributed by atoms with E-state index >= 15 is 0 Å². The summed E-state index contributed by atoms with van der Waals surface area (Å²) in [7, 11) is 0. The first-order chi connectivity index (χ1) is 8.61. The van der Waals surface area contributed by atoms with Crippen LogP contribution in [0.4, 0.5) is 13.2 Å². The van der Waals surface area contributed by atoms with Crippen molar-refractivity contribution in [2.45, 2.75) is 38.5 Å². The summed E-state index contributed by atoms with van der Waals surface area (Å²) in [6, 6.07) is 2.13. The van der Waals surface area contributed by atoms with E-state index in [2.05, 4.69) is 5.32 Å². The second-order valence-electron chi connectivity index (χ2n) is 4.37. The van der Waals surface area contributed by atoms with E-state index in [1.54, 1.807) is 19.1 Å². The Labute approximate surface area is 125 Å². The van der Waals surface area contributed by atoms with Gasteiger partial charge in [-0.2, -0.15) is 13.2 Å². The van der Waals surface area contributed by atoms with Crippen molar-refractivity contribution in [1.29, 1.82) is 0 Å². The van der Waals surface area contributed by atoms with Crippen molar-refractivity contribution in [1.82, 2.24) is 5.32 Å². The average molecular weight is 335 g/mol. The molecule has 2 atom stereocenters. The first kappa shape index (κ1) is 16.9. The third kappa shape index (κ3) is 5.03. The zero-order valence-electron chi connectivity index (χ0n) is 10.3. The predicted molar refractivity (Wildman–Crippen MR) is 73.2 cm³/mol. The van der Waals surface area contributed by atoms with Crippen molar-refractivity contribution in [3.63, 3.8) is 0 Å². The molecular weight excluding hydrogens is 321 g/mol. The zero-order chi connectivity index (χ0) is 14.8. The summed E-state index contributed by atoms with van der Waals surface area (Å²) >= 11 is 17.7. The number of alkyl halides is 3. The van der Waals surface area contributed by atoms with E-state index in [1.165, 1.54) is 6.92 Å². The maximum atomic E-state index is 12.3. The van der Waals surface area contributed by atoms with E-state index < -0.39 is 18.6 Å². The molecule has 0 aromatic heterocycles. The topological polar surface area (TPSA) is 12.0 Å². The maximum absolute atomic E-state index is 12.3. The molecule has 0 heterocycles. The number of hydrogen-bond donors (Lipinski definition) is 1. The summed E-state index contributed by atoms with van der Waals surface area (Å²) in [6.07, 6.45) is -5.11. The Morgan fingerprint density at radius 3 is 2.21 bits per heavy atom. The second kappa shape index (κ2) is 6.53.